The van der Waals surface area contributed by atoms with E-state index in [0.717, 1.165) is 54.4 Å². The highest BCUT2D eigenvalue weighted by atomic mass is 32.1. The van der Waals surface area contributed by atoms with Crippen LogP contribution in [0.2, 0.25) is 0 Å². The summed E-state index contributed by atoms with van der Waals surface area (Å²) in [5, 5.41) is 13.9. The summed E-state index contributed by atoms with van der Waals surface area (Å²) in [6.45, 7) is 3.84. The minimum absolute atomic E-state index is 0.0411. The van der Waals surface area contributed by atoms with Crippen LogP contribution in [0.15, 0.2) is 53.9 Å². The number of piperidine rings is 1. The second-order valence-electron chi connectivity index (χ2n) is 7.81. The molecule has 1 saturated heterocycles. The third-order valence-electron chi connectivity index (χ3n) is 5.65. The molecule has 1 amide bonds. The molecule has 0 bridgehead atoms. The Balaban J connectivity index is 1.28. The summed E-state index contributed by atoms with van der Waals surface area (Å²) in [4.78, 5) is 16.0. The van der Waals surface area contributed by atoms with Crippen LogP contribution in [0.3, 0.4) is 0 Å². The van der Waals surface area contributed by atoms with E-state index in [4.69, 9.17) is 0 Å². The molecule has 1 N–H and O–H groups in total. The smallest absolute Gasteiger partial charge is 0.227 e. The average Bonchev–Trinajstić information content (AvgIpc) is 3.34. The maximum Gasteiger partial charge on any atom is 0.227 e. The maximum absolute atomic E-state index is 12.7. The molecule has 1 aliphatic rings. The van der Waals surface area contributed by atoms with Crippen molar-refractivity contribution in [1.82, 2.24) is 10.2 Å². The molecule has 1 aliphatic heterocycles. The minimum atomic E-state index is 0.0411. The fourth-order valence-electron chi connectivity index (χ4n) is 3.80. The number of benzene rings is 1. The number of nitrogens with zero attached hydrogens (tertiary/aromatic N) is 3. The Hall–Kier alpha value is -2.73. The van der Waals surface area contributed by atoms with Crippen LogP contribution in [0.1, 0.15) is 38.2 Å². The minimum Gasteiger partial charge on any atom is -0.355 e. The summed E-state index contributed by atoms with van der Waals surface area (Å²) in [5.41, 5.74) is 3.12. The van der Waals surface area contributed by atoms with Gasteiger partial charge in [-0.3, -0.25) is 4.79 Å². The van der Waals surface area contributed by atoms with Crippen LogP contribution >= 0.6 is 11.3 Å². The van der Waals surface area contributed by atoms with Gasteiger partial charge in [0.15, 0.2) is 5.82 Å². The zero-order chi connectivity index (χ0) is 20.8. The second kappa shape index (κ2) is 9.85. The second-order valence-corrected chi connectivity index (χ2v) is 8.75. The molecule has 5 nitrogen and oxygen atoms in total. The van der Waals surface area contributed by atoms with Crippen molar-refractivity contribution in [2.45, 2.75) is 39.0 Å². The van der Waals surface area contributed by atoms with Gasteiger partial charge in [0, 0.05) is 24.7 Å². The van der Waals surface area contributed by atoms with E-state index < -0.39 is 0 Å². The van der Waals surface area contributed by atoms with Crippen molar-refractivity contribution in [1.29, 1.82) is 0 Å². The first-order valence-corrected chi connectivity index (χ1v) is 11.6. The quantitative estimate of drug-likeness (QED) is 0.556. The van der Waals surface area contributed by atoms with Crippen LogP contribution in [0.4, 0.5) is 11.5 Å². The number of thiophene rings is 1. The number of carbonyl (C=O) groups excluding carboxylic acids is 1. The number of amides is 1. The summed E-state index contributed by atoms with van der Waals surface area (Å²) >= 11 is 1.67. The molecule has 3 heterocycles. The number of hydrogen-bond donors (Lipinski definition) is 1. The molecule has 0 unspecified atom stereocenters. The van der Waals surface area contributed by atoms with E-state index in [0.29, 0.717) is 0 Å². The fraction of sp³-hybridized carbons (Fsp3) is 0.375. The lowest BCUT2D eigenvalue weighted by Gasteiger charge is -2.31. The molecule has 0 aliphatic carbocycles. The SMILES string of the molecule is CCCCc1ccc(NC(=O)C2CCN(c3ccc(-c4cccs4)nn3)CC2)cc1. The zero-order valence-electron chi connectivity index (χ0n) is 17.4. The van der Waals surface area contributed by atoms with Gasteiger partial charge in [-0.2, -0.15) is 0 Å². The predicted octanol–water partition coefficient (Wildman–Crippen LogP) is 5.40. The predicted molar refractivity (Wildman–Crippen MR) is 124 cm³/mol. The lowest BCUT2D eigenvalue weighted by Crippen LogP contribution is -2.38. The van der Waals surface area contributed by atoms with E-state index in [9.17, 15) is 4.79 Å². The van der Waals surface area contributed by atoms with Crippen molar-refractivity contribution >= 4 is 28.7 Å². The van der Waals surface area contributed by atoms with Gasteiger partial charge in [0.1, 0.15) is 5.69 Å². The van der Waals surface area contributed by atoms with Crippen LogP contribution in [-0.4, -0.2) is 29.2 Å². The molecule has 4 rings (SSSR count). The molecule has 0 spiro atoms. The monoisotopic (exact) mass is 420 g/mol. The highest BCUT2D eigenvalue weighted by Gasteiger charge is 2.26. The third-order valence-corrected chi connectivity index (χ3v) is 6.55. The highest BCUT2D eigenvalue weighted by molar-refractivity contribution is 7.13. The molecule has 0 atom stereocenters. The largest absolute Gasteiger partial charge is 0.355 e. The van der Waals surface area contributed by atoms with Crippen molar-refractivity contribution in [2.75, 3.05) is 23.3 Å². The van der Waals surface area contributed by atoms with Crippen LogP contribution in [0, 0.1) is 5.92 Å². The van der Waals surface area contributed by atoms with Crippen LogP contribution in [-0.2, 0) is 11.2 Å². The van der Waals surface area contributed by atoms with Crippen molar-refractivity contribution in [3.05, 3.63) is 59.5 Å². The number of rotatable bonds is 7. The molecule has 156 valence electrons. The van der Waals surface area contributed by atoms with Crippen molar-refractivity contribution in [3.8, 4) is 10.6 Å². The number of anilines is 2. The lowest BCUT2D eigenvalue weighted by atomic mass is 9.95. The maximum atomic E-state index is 12.7. The molecule has 6 heteroatoms. The number of aryl methyl sites for hydroxylation is 1. The first-order chi connectivity index (χ1) is 14.7. The van der Waals surface area contributed by atoms with Gasteiger partial charge in [0.05, 0.1) is 4.88 Å². The Kier molecular flexibility index (Phi) is 6.74. The number of hydrogen-bond acceptors (Lipinski definition) is 5. The van der Waals surface area contributed by atoms with Gasteiger partial charge in [-0.1, -0.05) is 31.5 Å². The van der Waals surface area contributed by atoms with Gasteiger partial charge in [0.2, 0.25) is 5.91 Å². The molecular weight excluding hydrogens is 392 g/mol. The Morgan fingerprint density at radius 3 is 2.53 bits per heavy atom. The summed E-state index contributed by atoms with van der Waals surface area (Å²) in [6.07, 6.45) is 5.15. The van der Waals surface area contributed by atoms with Gasteiger partial charge < -0.3 is 10.2 Å². The molecule has 1 fully saturated rings. The first-order valence-electron chi connectivity index (χ1n) is 10.8. The molecule has 0 radical (unpaired) electrons. The molecule has 0 saturated carbocycles. The number of nitrogens with one attached hydrogen (secondary N) is 1. The van der Waals surface area contributed by atoms with E-state index >= 15 is 0 Å². The zero-order valence-corrected chi connectivity index (χ0v) is 18.2. The van der Waals surface area contributed by atoms with Gasteiger partial charge in [-0.05, 0) is 67.0 Å². The van der Waals surface area contributed by atoms with Crippen LogP contribution in [0.5, 0.6) is 0 Å². The van der Waals surface area contributed by atoms with E-state index in [1.54, 1.807) is 11.3 Å². The fourth-order valence-corrected chi connectivity index (χ4v) is 4.49. The van der Waals surface area contributed by atoms with E-state index in [1.807, 2.05) is 35.7 Å². The molecule has 30 heavy (non-hydrogen) atoms. The van der Waals surface area contributed by atoms with Gasteiger partial charge in [0.25, 0.3) is 0 Å². The number of aromatic nitrogens is 2. The summed E-state index contributed by atoms with van der Waals surface area (Å²) in [6, 6.07) is 16.4. The standard InChI is InChI=1S/C24H28N4OS/c1-2-3-5-18-7-9-20(10-8-18)25-24(29)19-13-15-28(16-14-19)23-12-11-21(26-27-23)22-6-4-17-30-22/h4,6-12,17,19H,2-3,5,13-16H2,1H3,(H,25,29). The van der Waals surface area contributed by atoms with Crippen molar-refractivity contribution in [3.63, 3.8) is 0 Å². The Morgan fingerprint density at radius 2 is 1.90 bits per heavy atom. The molecular formula is C24H28N4OS. The molecule has 3 aromatic rings. The van der Waals surface area contributed by atoms with E-state index in [-0.39, 0.29) is 11.8 Å². The van der Waals surface area contributed by atoms with Gasteiger partial charge in [-0.15, -0.1) is 21.5 Å². The Morgan fingerprint density at radius 1 is 1.10 bits per heavy atom. The van der Waals surface area contributed by atoms with Crippen LogP contribution in [0.25, 0.3) is 10.6 Å². The summed E-state index contributed by atoms with van der Waals surface area (Å²) < 4.78 is 0. The Bertz CT molecular complexity index is 930. The summed E-state index contributed by atoms with van der Waals surface area (Å²) in [5.74, 6) is 1.05. The van der Waals surface area contributed by atoms with E-state index in [2.05, 4.69) is 45.5 Å². The number of carbonyl (C=O) groups is 1. The third kappa shape index (κ3) is 5.05. The highest BCUT2D eigenvalue weighted by Crippen LogP contribution is 2.26. The molecule has 1 aromatic carbocycles. The van der Waals surface area contributed by atoms with E-state index in [1.165, 1.54) is 18.4 Å². The number of unbranched alkanes of at least 4 members (excludes halogenated alkanes) is 1. The van der Waals surface area contributed by atoms with Crippen LogP contribution < -0.4 is 10.2 Å². The van der Waals surface area contributed by atoms with Gasteiger partial charge in [-0.25, -0.2) is 0 Å². The Labute approximate surface area is 182 Å². The summed E-state index contributed by atoms with van der Waals surface area (Å²) in [7, 11) is 0. The molecule has 2 aromatic heterocycles. The normalized spacial score (nSPS) is 14.6. The van der Waals surface area contributed by atoms with Gasteiger partial charge >= 0.3 is 0 Å². The first kappa shape index (κ1) is 20.5. The average molecular weight is 421 g/mol. The topological polar surface area (TPSA) is 58.1 Å². The van der Waals surface area contributed by atoms with Crippen molar-refractivity contribution in [2.24, 2.45) is 5.92 Å². The van der Waals surface area contributed by atoms with Crippen molar-refractivity contribution < 1.29 is 4.79 Å². The lowest BCUT2D eigenvalue weighted by molar-refractivity contribution is -0.120.